The lowest BCUT2D eigenvalue weighted by atomic mass is 10.1. The largest absolute Gasteiger partial charge is 0.301 e. The van der Waals surface area contributed by atoms with E-state index in [1.807, 2.05) is 0 Å². The number of H-pyrrole nitrogens is 1. The monoisotopic (exact) mass is 253 g/mol. The van der Waals surface area contributed by atoms with Crippen molar-refractivity contribution in [2.24, 2.45) is 0 Å². The van der Waals surface area contributed by atoms with Crippen LogP contribution in [0.25, 0.3) is 0 Å². The van der Waals surface area contributed by atoms with Crippen LogP contribution in [0.1, 0.15) is 37.3 Å². The fourth-order valence-corrected chi connectivity index (χ4v) is 1.81. The summed E-state index contributed by atoms with van der Waals surface area (Å²) in [5.41, 5.74) is 0.00726. The zero-order valence-corrected chi connectivity index (χ0v) is 9.98. The summed E-state index contributed by atoms with van der Waals surface area (Å²) >= 11 is 0. The van der Waals surface area contributed by atoms with Gasteiger partial charge in [0.15, 0.2) is 5.82 Å². The van der Waals surface area contributed by atoms with E-state index in [4.69, 9.17) is 0 Å². The SMILES string of the molecule is CC(NC(C)c1c(F)cccc1F)c1nn[nH]n1. The van der Waals surface area contributed by atoms with Gasteiger partial charge in [0.25, 0.3) is 0 Å². The van der Waals surface area contributed by atoms with Crippen molar-refractivity contribution in [3.8, 4) is 0 Å². The number of rotatable bonds is 4. The first-order valence-electron chi connectivity index (χ1n) is 5.53. The minimum Gasteiger partial charge on any atom is -0.301 e. The normalized spacial score (nSPS) is 14.4. The molecule has 2 N–H and O–H groups in total. The molecule has 1 heterocycles. The molecule has 0 amide bonds. The standard InChI is InChI=1S/C11H13F2N5/c1-6(10-8(12)4-3-5-9(10)13)14-7(2)11-15-17-18-16-11/h3-7,14H,1-2H3,(H,15,16,17,18). The molecule has 0 saturated heterocycles. The Labute approximate surface area is 103 Å². The van der Waals surface area contributed by atoms with Gasteiger partial charge in [-0.2, -0.15) is 5.21 Å². The van der Waals surface area contributed by atoms with E-state index in [-0.39, 0.29) is 11.6 Å². The molecule has 0 radical (unpaired) electrons. The zero-order chi connectivity index (χ0) is 13.1. The van der Waals surface area contributed by atoms with Crippen LogP contribution < -0.4 is 5.32 Å². The van der Waals surface area contributed by atoms with Crippen LogP contribution in [-0.4, -0.2) is 20.6 Å². The Morgan fingerprint density at radius 2 is 1.83 bits per heavy atom. The fraction of sp³-hybridized carbons (Fsp3) is 0.364. The van der Waals surface area contributed by atoms with Crippen LogP contribution in [0.3, 0.4) is 0 Å². The van der Waals surface area contributed by atoms with E-state index in [0.29, 0.717) is 5.82 Å². The highest BCUT2D eigenvalue weighted by molar-refractivity contribution is 5.23. The van der Waals surface area contributed by atoms with Crippen LogP contribution in [-0.2, 0) is 0 Å². The summed E-state index contributed by atoms with van der Waals surface area (Å²) < 4.78 is 27.1. The van der Waals surface area contributed by atoms with Crippen LogP contribution in [0.5, 0.6) is 0 Å². The predicted octanol–water partition coefficient (Wildman–Crippen LogP) is 1.89. The van der Waals surface area contributed by atoms with Gasteiger partial charge in [-0.25, -0.2) is 8.78 Å². The lowest BCUT2D eigenvalue weighted by molar-refractivity contribution is 0.439. The molecule has 0 aliphatic heterocycles. The molecular weight excluding hydrogens is 240 g/mol. The summed E-state index contributed by atoms with van der Waals surface area (Å²) in [4.78, 5) is 0. The van der Waals surface area contributed by atoms with Crippen molar-refractivity contribution >= 4 is 0 Å². The topological polar surface area (TPSA) is 66.5 Å². The van der Waals surface area contributed by atoms with Gasteiger partial charge in [0.2, 0.25) is 0 Å². The van der Waals surface area contributed by atoms with Gasteiger partial charge in [0.05, 0.1) is 6.04 Å². The summed E-state index contributed by atoms with van der Waals surface area (Å²) in [7, 11) is 0. The summed E-state index contributed by atoms with van der Waals surface area (Å²) in [6.45, 7) is 3.47. The molecular formula is C11H13F2N5. The first-order chi connectivity index (χ1) is 8.59. The fourth-order valence-electron chi connectivity index (χ4n) is 1.81. The molecule has 2 rings (SSSR count). The third-order valence-electron chi connectivity index (χ3n) is 2.68. The zero-order valence-electron chi connectivity index (χ0n) is 9.98. The van der Waals surface area contributed by atoms with Gasteiger partial charge in [-0.15, -0.1) is 10.2 Å². The number of hydrogen-bond donors (Lipinski definition) is 2. The Morgan fingerprint density at radius 3 is 2.39 bits per heavy atom. The number of benzene rings is 1. The summed E-state index contributed by atoms with van der Waals surface area (Å²) in [6.07, 6.45) is 0. The molecule has 0 fully saturated rings. The number of aromatic amines is 1. The smallest absolute Gasteiger partial charge is 0.191 e. The Bertz CT molecular complexity index is 494. The molecule has 1 aromatic heterocycles. The third-order valence-corrected chi connectivity index (χ3v) is 2.68. The maximum absolute atomic E-state index is 13.6. The van der Waals surface area contributed by atoms with Crippen molar-refractivity contribution < 1.29 is 8.78 Å². The average molecular weight is 253 g/mol. The van der Waals surface area contributed by atoms with E-state index in [0.717, 1.165) is 0 Å². The molecule has 0 saturated carbocycles. The van der Waals surface area contributed by atoms with E-state index >= 15 is 0 Å². The second-order valence-electron chi connectivity index (χ2n) is 4.02. The highest BCUT2D eigenvalue weighted by atomic mass is 19.1. The van der Waals surface area contributed by atoms with Crippen molar-refractivity contribution in [1.82, 2.24) is 25.9 Å². The lowest BCUT2D eigenvalue weighted by Gasteiger charge is -2.19. The molecule has 0 bridgehead atoms. The molecule has 2 unspecified atom stereocenters. The summed E-state index contributed by atoms with van der Waals surface area (Å²) in [5, 5.41) is 16.4. The number of halogens is 2. The molecule has 2 atom stereocenters. The first kappa shape index (κ1) is 12.6. The molecule has 0 aliphatic carbocycles. The van der Waals surface area contributed by atoms with Crippen LogP contribution in [0.4, 0.5) is 8.78 Å². The minimum absolute atomic E-state index is 0.00726. The predicted molar refractivity (Wildman–Crippen MR) is 60.5 cm³/mol. The highest BCUT2D eigenvalue weighted by Crippen LogP contribution is 2.22. The van der Waals surface area contributed by atoms with Gasteiger partial charge in [0.1, 0.15) is 11.6 Å². The molecule has 7 heteroatoms. The Hall–Kier alpha value is -1.89. The van der Waals surface area contributed by atoms with Gasteiger partial charge in [-0.1, -0.05) is 11.3 Å². The molecule has 0 aliphatic rings. The van der Waals surface area contributed by atoms with Crippen LogP contribution >= 0.6 is 0 Å². The van der Waals surface area contributed by atoms with Crippen LogP contribution in [0, 0.1) is 11.6 Å². The number of tetrazole rings is 1. The maximum Gasteiger partial charge on any atom is 0.191 e. The van der Waals surface area contributed by atoms with E-state index in [1.165, 1.54) is 18.2 Å². The van der Waals surface area contributed by atoms with Gasteiger partial charge < -0.3 is 5.32 Å². The maximum atomic E-state index is 13.6. The van der Waals surface area contributed by atoms with Crippen molar-refractivity contribution in [3.63, 3.8) is 0 Å². The van der Waals surface area contributed by atoms with E-state index in [2.05, 4.69) is 25.9 Å². The Kier molecular flexibility index (Phi) is 3.61. The lowest BCUT2D eigenvalue weighted by Crippen LogP contribution is -2.25. The van der Waals surface area contributed by atoms with Crippen LogP contribution in [0.15, 0.2) is 18.2 Å². The second kappa shape index (κ2) is 5.18. The third kappa shape index (κ3) is 2.51. The molecule has 1 aromatic carbocycles. The molecule has 2 aromatic rings. The van der Waals surface area contributed by atoms with Gasteiger partial charge in [-0.3, -0.25) is 0 Å². The molecule has 18 heavy (non-hydrogen) atoms. The summed E-state index contributed by atoms with van der Waals surface area (Å²) in [6, 6.07) is 3.03. The summed E-state index contributed by atoms with van der Waals surface area (Å²) in [5.74, 6) is -0.704. The van der Waals surface area contributed by atoms with Gasteiger partial charge >= 0.3 is 0 Å². The van der Waals surface area contributed by atoms with E-state index in [1.54, 1.807) is 13.8 Å². The highest BCUT2D eigenvalue weighted by Gasteiger charge is 2.19. The second-order valence-corrected chi connectivity index (χ2v) is 4.02. The van der Waals surface area contributed by atoms with E-state index < -0.39 is 17.7 Å². The number of nitrogens with one attached hydrogen (secondary N) is 2. The average Bonchev–Trinajstić information content (AvgIpc) is 2.81. The first-order valence-corrected chi connectivity index (χ1v) is 5.53. The minimum atomic E-state index is -0.574. The van der Waals surface area contributed by atoms with Crippen molar-refractivity contribution in [2.75, 3.05) is 0 Å². The van der Waals surface area contributed by atoms with Crippen molar-refractivity contribution in [3.05, 3.63) is 41.2 Å². The van der Waals surface area contributed by atoms with Gasteiger partial charge in [0, 0.05) is 11.6 Å². The number of aromatic nitrogens is 4. The Balaban J connectivity index is 2.15. The van der Waals surface area contributed by atoms with Crippen molar-refractivity contribution in [2.45, 2.75) is 25.9 Å². The molecule has 0 spiro atoms. The molecule has 5 nitrogen and oxygen atoms in total. The van der Waals surface area contributed by atoms with Gasteiger partial charge in [-0.05, 0) is 26.0 Å². The number of nitrogens with zero attached hydrogens (tertiary/aromatic N) is 3. The van der Waals surface area contributed by atoms with Crippen LogP contribution in [0.2, 0.25) is 0 Å². The quantitative estimate of drug-likeness (QED) is 0.873. The van der Waals surface area contributed by atoms with Crippen molar-refractivity contribution in [1.29, 1.82) is 0 Å². The number of hydrogen-bond acceptors (Lipinski definition) is 4. The van der Waals surface area contributed by atoms with E-state index in [9.17, 15) is 8.78 Å². The Morgan fingerprint density at radius 1 is 1.17 bits per heavy atom. The molecule has 96 valence electrons.